The summed E-state index contributed by atoms with van der Waals surface area (Å²) in [6.07, 6.45) is 6.31. The summed E-state index contributed by atoms with van der Waals surface area (Å²) in [6.45, 7) is 2.95. The monoisotopic (exact) mass is 302 g/mol. The molecule has 5 nitrogen and oxygen atoms in total. The minimum atomic E-state index is -0.328. The Kier molecular flexibility index (Phi) is 4.46. The van der Waals surface area contributed by atoms with Crippen LogP contribution in [0.4, 0.5) is 10.2 Å². The van der Waals surface area contributed by atoms with Crippen molar-refractivity contribution < 1.29 is 9.13 Å². The van der Waals surface area contributed by atoms with E-state index in [0.717, 1.165) is 24.8 Å². The van der Waals surface area contributed by atoms with Gasteiger partial charge >= 0.3 is 0 Å². The van der Waals surface area contributed by atoms with E-state index < -0.39 is 0 Å². The second-order valence-electron chi connectivity index (χ2n) is 5.34. The Morgan fingerprint density at radius 2 is 2.14 bits per heavy atom. The van der Waals surface area contributed by atoms with Crippen molar-refractivity contribution in [1.82, 2.24) is 15.0 Å². The number of nitrogens with zero attached hydrogens (tertiary/aromatic N) is 3. The maximum absolute atomic E-state index is 14.4. The predicted molar refractivity (Wildman–Crippen MR) is 81.3 cm³/mol. The fourth-order valence-corrected chi connectivity index (χ4v) is 2.41. The molecule has 0 atom stereocenters. The van der Waals surface area contributed by atoms with Crippen LogP contribution >= 0.6 is 0 Å². The van der Waals surface area contributed by atoms with Gasteiger partial charge in [0.2, 0.25) is 5.88 Å². The highest BCUT2D eigenvalue weighted by Crippen LogP contribution is 2.37. The minimum absolute atomic E-state index is 0.246. The molecule has 116 valence electrons. The summed E-state index contributed by atoms with van der Waals surface area (Å²) in [5.74, 6) is 0.763. The molecule has 2 aromatic heterocycles. The molecule has 0 aromatic carbocycles. The van der Waals surface area contributed by atoms with Crippen molar-refractivity contribution in [3.63, 3.8) is 0 Å². The first-order valence-electron chi connectivity index (χ1n) is 7.60. The van der Waals surface area contributed by atoms with E-state index in [1.165, 1.54) is 6.33 Å². The van der Waals surface area contributed by atoms with E-state index in [2.05, 4.69) is 20.3 Å². The van der Waals surface area contributed by atoms with Crippen LogP contribution in [0.3, 0.4) is 0 Å². The van der Waals surface area contributed by atoms with Gasteiger partial charge in [-0.25, -0.2) is 19.3 Å². The second kappa shape index (κ2) is 6.68. The SMILES string of the molecule is CCOc1ccc(CNc2ncnc(C3CCC3)c2F)cn1. The molecule has 0 radical (unpaired) electrons. The van der Waals surface area contributed by atoms with Gasteiger partial charge in [0, 0.05) is 24.7 Å². The lowest BCUT2D eigenvalue weighted by atomic mass is 9.82. The Balaban J connectivity index is 1.65. The quantitative estimate of drug-likeness (QED) is 0.887. The fourth-order valence-electron chi connectivity index (χ4n) is 2.41. The average Bonchev–Trinajstić information content (AvgIpc) is 2.48. The molecule has 3 rings (SSSR count). The zero-order valence-corrected chi connectivity index (χ0v) is 12.6. The van der Waals surface area contributed by atoms with Gasteiger partial charge in [0.1, 0.15) is 6.33 Å². The van der Waals surface area contributed by atoms with Crippen molar-refractivity contribution >= 4 is 5.82 Å². The maximum atomic E-state index is 14.4. The smallest absolute Gasteiger partial charge is 0.213 e. The molecule has 1 fully saturated rings. The Morgan fingerprint density at radius 1 is 1.27 bits per heavy atom. The van der Waals surface area contributed by atoms with E-state index in [1.807, 2.05) is 13.0 Å². The lowest BCUT2D eigenvalue weighted by molar-refractivity contribution is 0.326. The zero-order valence-electron chi connectivity index (χ0n) is 12.6. The lowest BCUT2D eigenvalue weighted by Crippen LogP contribution is -2.15. The molecule has 0 bridgehead atoms. The van der Waals surface area contributed by atoms with Crippen LogP contribution in [0.15, 0.2) is 24.7 Å². The molecule has 6 heteroatoms. The molecule has 0 aliphatic heterocycles. The van der Waals surface area contributed by atoms with Gasteiger partial charge in [-0.1, -0.05) is 12.5 Å². The molecular weight excluding hydrogens is 283 g/mol. The van der Waals surface area contributed by atoms with Crippen LogP contribution in [0.1, 0.15) is 43.4 Å². The average molecular weight is 302 g/mol. The van der Waals surface area contributed by atoms with Gasteiger partial charge in [-0.3, -0.25) is 0 Å². The van der Waals surface area contributed by atoms with Crippen molar-refractivity contribution in [1.29, 1.82) is 0 Å². The number of ether oxygens (including phenoxy) is 1. The number of halogens is 1. The van der Waals surface area contributed by atoms with E-state index in [9.17, 15) is 4.39 Å². The van der Waals surface area contributed by atoms with Gasteiger partial charge in [-0.2, -0.15) is 0 Å². The standard InChI is InChI=1S/C16H19FN4O/c1-2-22-13-7-6-11(8-18-13)9-19-16-14(17)15(20-10-21-16)12-4-3-5-12/h6-8,10,12H,2-5,9H2,1H3,(H,19,20,21). The van der Waals surface area contributed by atoms with Crippen LogP contribution in [0.25, 0.3) is 0 Å². The molecule has 0 saturated heterocycles. The van der Waals surface area contributed by atoms with Crippen LogP contribution in [0.2, 0.25) is 0 Å². The van der Waals surface area contributed by atoms with Crippen LogP contribution in [0.5, 0.6) is 5.88 Å². The van der Waals surface area contributed by atoms with Gasteiger partial charge < -0.3 is 10.1 Å². The molecule has 1 aliphatic rings. The molecular formula is C16H19FN4O. The zero-order chi connectivity index (χ0) is 15.4. The van der Waals surface area contributed by atoms with E-state index >= 15 is 0 Å². The van der Waals surface area contributed by atoms with Crippen molar-refractivity contribution in [3.8, 4) is 5.88 Å². The summed E-state index contributed by atoms with van der Waals surface area (Å²) in [5.41, 5.74) is 1.47. The molecule has 1 aliphatic carbocycles. The molecule has 0 unspecified atom stereocenters. The first-order valence-corrected chi connectivity index (χ1v) is 7.60. The highest BCUT2D eigenvalue weighted by Gasteiger charge is 2.25. The lowest BCUT2D eigenvalue weighted by Gasteiger charge is -2.25. The molecule has 0 spiro atoms. The summed E-state index contributed by atoms with van der Waals surface area (Å²) in [4.78, 5) is 12.3. The van der Waals surface area contributed by atoms with Crippen molar-refractivity contribution in [2.75, 3.05) is 11.9 Å². The van der Waals surface area contributed by atoms with Crippen LogP contribution in [-0.2, 0) is 6.54 Å². The fraction of sp³-hybridized carbons (Fsp3) is 0.438. The Hall–Kier alpha value is -2.24. The van der Waals surface area contributed by atoms with Gasteiger partial charge in [0.15, 0.2) is 11.6 Å². The number of hydrogen-bond acceptors (Lipinski definition) is 5. The summed E-state index contributed by atoms with van der Waals surface area (Å²) in [6, 6.07) is 3.70. The molecule has 1 saturated carbocycles. The first kappa shape index (κ1) is 14.7. The Bertz CT molecular complexity index is 629. The number of aromatic nitrogens is 3. The molecule has 1 N–H and O–H groups in total. The van der Waals surface area contributed by atoms with Gasteiger partial charge in [-0.15, -0.1) is 0 Å². The van der Waals surface area contributed by atoms with E-state index in [0.29, 0.717) is 24.7 Å². The van der Waals surface area contributed by atoms with Crippen molar-refractivity contribution in [2.45, 2.75) is 38.6 Å². The maximum Gasteiger partial charge on any atom is 0.213 e. The summed E-state index contributed by atoms with van der Waals surface area (Å²) < 4.78 is 19.7. The van der Waals surface area contributed by atoms with Gasteiger partial charge in [0.05, 0.1) is 12.3 Å². The van der Waals surface area contributed by atoms with Crippen LogP contribution in [0, 0.1) is 5.82 Å². The number of pyridine rings is 1. The van der Waals surface area contributed by atoms with Crippen LogP contribution in [-0.4, -0.2) is 21.6 Å². The van der Waals surface area contributed by atoms with Crippen molar-refractivity contribution in [2.24, 2.45) is 0 Å². The summed E-state index contributed by atoms with van der Waals surface area (Å²) in [5, 5.41) is 3.02. The Labute approximate surface area is 129 Å². The minimum Gasteiger partial charge on any atom is -0.478 e. The van der Waals surface area contributed by atoms with E-state index in [-0.39, 0.29) is 17.6 Å². The highest BCUT2D eigenvalue weighted by molar-refractivity contribution is 5.39. The molecule has 0 amide bonds. The van der Waals surface area contributed by atoms with Gasteiger partial charge in [0.25, 0.3) is 0 Å². The first-order chi connectivity index (χ1) is 10.8. The van der Waals surface area contributed by atoms with Crippen LogP contribution < -0.4 is 10.1 Å². The van der Waals surface area contributed by atoms with E-state index in [1.54, 1.807) is 12.3 Å². The number of nitrogens with one attached hydrogen (secondary N) is 1. The second-order valence-corrected chi connectivity index (χ2v) is 5.34. The Morgan fingerprint density at radius 3 is 2.77 bits per heavy atom. The third-order valence-electron chi connectivity index (χ3n) is 3.86. The van der Waals surface area contributed by atoms with E-state index in [4.69, 9.17) is 4.74 Å². The third kappa shape index (κ3) is 3.16. The number of rotatable bonds is 6. The van der Waals surface area contributed by atoms with Crippen molar-refractivity contribution in [3.05, 3.63) is 41.7 Å². The number of hydrogen-bond donors (Lipinski definition) is 1. The number of anilines is 1. The molecule has 2 aromatic rings. The largest absolute Gasteiger partial charge is 0.478 e. The molecule has 22 heavy (non-hydrogen) atoms. The molecule has 2 heterocycles. The normalized spacial score (nSPS) is 14.5. The summed E-state index contributed by atoms with van der Waals surface area (Å²) >= 11 is 0. The summed E-state index contributed by atoms with van der Waals surface area (Å²) in [7, 11) is 0. The van der Waals surface area contributed by atoms with Gasteiger partial charge in [-0.05, 0) is 25.3 Å². The highest BCUT2D eigenvalue weighted by atomic mass is 19.1. The topological polar surface area (TPSA) is 59.9 Å². The predicted octanol–water partition coefficient (Wildman–Crippen LogP) is 3.29. The third-order valence-corrected chi connectivity index (χ3v) is 3.86.